The second kappa shape index (κ2) is 3.25. The van der Waals surface area contributed by atoms with Gasteiger partial charge in [-0.05, 0) is 0 Å². The van der Waals surface area contributed by atoms with Crippen molar-refractivity contribution in [1.29, 1.82) is 0 Å². The largest absolute Gasteiger partial charge is 0.306 e. The topological polar surface area (TPSA) is 74.7 Å². The molecule has 1 amide bonds. The molecule has 7 heteroatoms. The standard InChI is InChI=1S/C7H9NO4S2/c9-6-3-7-8(6)2-1-5(13-7)4-14(10,11)12/h1-2,5,7H,3-4H2,(H,10,11,12)/t5?,7-/m1/s1. The predicted molar refractivity (Wildman–Crippen MR) is 52.2 cm³/mol. The van der Waals surface area contributed by atoms with Crippen molar-refractivity contribution < 1.29 is 17.8 Å². The van der Waals surface area contributed by atoms with E-state index in [1.165, 1.54) is 11.8 Å². The van der Waals surface area contributed by atoms with Gasteiger partial charge in [0, 0.05) is 11.4 Å². The third-order valence-corrected chi connectivity index (χ3v) is 4.49. The Morgan fingerprint density at radius 1 is 1.64 bits per heavy atom. The van der Waals surface area contributed by atoms with Gasteiger partial charge in [-0.25, -0.2) is 0 Å². The molecule has 0 aromatic heterocycles. The third-order valence-electron chi connectivity index (χ3n) is 2.12. The molecule has 1 fully saturated rings. The monoisotopic (exact) mass is 235 g/mol. The summed E-state index contributed by atoms with van der Waals surface area (Å²) in [5.41, 5.74) is 0. The number of rotatable bonds is 2. The van der Waals surface area contributed by atoms with Crippen LogP contribution in [-0.4, -0.2) is 40.2 Å². The Kier molecular flexibility index (Phi) is 2.32. The molecule has 14 heavy (non-hydrogen) atoms. The maximum atomic E-state index is 11.0. The summed E-state index contributed by atoms with van der Waals surface area (Å²) in [5.74, 6) is -0.226. The van der Waals surface area contributed by atoms with Crippen molar-refractivity contribution in [3.8, 4) is 0 Å². The van der Waals surface area contributed by atoms with Gasteiger partial charge in [-0.15, -0.1) is 11.8 Å². The Bertz CT molecular complexity index is 388. The van der Waals surface area contributed by atoms with Gasteiger partial charge in [0.1, 0.15) is 0 Å². The van der Waals surface area contributed by atoms with Gasteiger partial charge in [0.2, 0.25) is 5.91 Å². The average Bonchev–Trinajstić information content (AvgIpc) is 1.99. The van der Waals surface area contributed by atoms with Crippen LogP contribution >= 0.6 is 11.8 Å². The van der Waals surface area contributed by atoms with E-state index in [9.17, 15) is 13.2 Å². The SMILES string of the molecule is O=C1C[C@H]2SC(CS(=O)(=O)O)C=CN12. The van der Waals surface area contributed by atoms with Gasteiger partial charge in [-0.1, -0.05) is 6.08 Å². The first kappa shape index (κ1) is 10.0. The number of β-lactam (4-membered cyclic amide) rings is 1. The summed E-state index contributed by atoms with van der Waals surface area (Å²) in [6.45, 7) is 0. The number of carbonyl (C=O) groups is 1. The summed E-state index contributed by atoms with van der Waals surface area (Å²) >= 11 is 1.39. The van der Waals surface area contributed by atoms with E-state index < -0.39 is 10.1 Å². The molecule has 2 heterocycles. The number of hydrogen-bond acceptors (Lipinski definition) is 4. The third kappa shape index (κ3) is 1.94. The van der Waals surface area contributed by atoms with Crippen molar-refractivity contribution in [2.75, 3.05) is 5.75 Å². The van der Waals surface area contributed by atoms with Crippen LogP contribution in [-0.2, 0) is 14.9 Å². The van der Waals surface area contributed by atoms with Crippen molar-refractivity contribution in [3.63, 3.8) is 0 Å². The highest BCUT2D eigenvalue weighted by atomic mass is 32.2. The quantitative estimate of drug-likeness (QED) is 0.541. The molecule has 0 spiro atoms. The lowest BCUT2D eigenvalue weighted by atomic mass is 10.2. The molecule has 2 aliphatic rings. The summed E-state index contributed by atoms with van der Waals surface area (Å²) in [5, 5.41) is -0.196. The van der Waals surface area contributed by atoms with Gasteiger partial charge in [-0.3, -0.25) is 9.35 Å². The Labute approximate surface area is 85.9 Å². The fourth-order valence-electron chi connectivity index (χ4n) is 1.43. The van der Waals surface area contributed by atoms with E-state index in [4.69, 9.17) is 4.55 Å². The van der Waals surface area contributed by atoms with Crippen LogP contribution in [0.15, 0.2) is 12.3 Å². The smallest absolute Gasteiger partial charge is 0.266 e. The first-order valence-electron chi connectivity index (χ1n) is 4.06. The highest BCUT2D eigenvalue weighted by Crippen LogP contribution is 2.37. The van der Waals surface area contributed by atoms with E-state index in [1.54, 1.807) is 17.2 Å². The van der Waals surface area contributed by atoms with Gasteiger partial charge in [0.05, 0.1) is 17.5 Å². The maximum absolute atomic E-state index is 11.0. The zero-order chi connectivity index (χ0) is 10.3. The molecule has 1 N–H and O–H groups in total. The molecular weight excluding hydrogens is 226 g/mol. The summed E-state index contributed by atoms with van der Waals surface area (Å²) < 4.78 is 29.8. The first-order valence-corrected chi connectivity index (χ1v) is 6.61. The van der Waals surface area contributed by atoms with E-state index in [0.717, 1.165) is 0 Å². The Balaban J connectivity index is 2.02. The summed E-state index contributed by atoms with van der Waals surface area (Å²) in [6.07, 6.45) is 3.69. The summed E-state index contributed by atoms with van der Waals surface area (Å²) in [4.78, 5) is 12.5. The number of amides is 1. The van der Waals surface area contributed by atoms with Crippen molar-refractivity contribution in [3.05, 3.63) is 12.3 Å². The molecule has 0 aliphatic carbocycles. The van der Waals surface area contributed by atoms with Gasteiger partial charge < -0.3 is 4.90 Å². The van der Waals surface area contributed by atoms with Crippen molar-refractivity contribution in [2.45, 2.75) is 17.0 Å². The summed E-state index contributed by atoms with van der Waals surface area (Å²) in [6, 6.07) is 0. The first-order chi connectivity index (χ1) is 6.46. The van der Waals surface area contributed by atoms with Crippen molar-refractivity contribution >= 4 is 27.8 Å². The molecule has 0 radical (unpaired) electrons. The van der Waals surface area contributed by atoms with Gasteiger partial charge >= 0.3 is 0 Å². The molecule has 5 nitrogen and oxygen atoms in total. The molecule has 0 aromatic rings. The summed E-state index contributed by atoms with van der Waals surface area (Å²) in [7, 11) is -3.93. The highest BCUT2D eigenvalue weighted by Gasteiger charge is 2.39. The lowest BCUT2D eigenvalue weighted by Gasteiger charge is -2.41. The number of nitrogens with zero attached hydrogens (tertiary/aromatic N) is 1. The Morgan fingerprint density at radius 3 is 2.86 bits per heavy atom. The number of fused-ring (bicyclic) bond motifs is 1. The van der Waals surface area contributed by atoms with E-state index in [2.05, 4.69) is 0 Å². The molecule has 2 atom stereocenters. The fourth-order valence-corrected chi connectivity index (χ4v) is 3.91. The Morgan fingerprint density at radius 2 is 2.36 bits per heavy atom. The molecule has 1 saturated heterocycles. The van der Waals surface area contributed by atoms with Crippen LogP contribution in [0, 0.1) is 0 Å². The fraction of sp³-hybridized carbons (Fsp3) is 0.571. The van der Waals surface area contributed by atoms with E-state index >= 15 is 0 Å². The van der Waals surface area contributed by atoms with E-state index in [0.29, 0.717) is 6.42 Å². The normalized spacial score (nSPS) is 31.2. The van der Waals surface area contributed by atoms with Gasteiger partial charge in [-0.2, -0.15) is 8.42 Å². The molecule has 2 aliphatic heterocycles. The average molecular weight is 235 g/mol. The van der Waals surface area contributed by atoms with Crippen molar-refractivity contribution in [1.82, 2.24) is 4.90 Å². The second-order valence-corrected chi connectivity index (χ2v) is 6.14. The molecule has 0 bridgehead atoms. The second-order valence-electron chi connectivity index (χ2n) is 3.22. The molecule has 1 unspecified atom stereocenters. The zero-order valence-corrected chi connectivity index (χ0v) is 8.79. The minimum atomic E-state index is -3.93. The predicted octanol–water partition coefficient (Wildman–Crippen LogP) is 0.0617. The van der Waals surface area contributed by atoms with Gasteiger partial charge in [0.15, 0.2) is 0 Å². The van der Waals surface area contributed by atoms with Gasteiger partial charge in [0.25, 0.3) is 10.1 Å². The van der Waals surface area contributed by atoms with Crippen LogP contribution in [0.3, 0.4) is 0 Å². The molecule has 0 saturated carbocycles. The van der Waals surface area contributed by atoms with Crippen LogP contribution < -0.4 is 0 Å². The Hall–Kier alpha value is -0.530. The highest BCUT2D eigenvalue weighted by molar-refractivity contribution is 8.01. The lowest BCUT2D eigenvalue weighted by Crippen LogP contribution is -2.50. The molecule has 0 aromatic carbocycles. The molecular formula is C7H9NO4S2. The van der Waals surface area contributed by atoms with Crippen LogP contribution in [0.25, 0.3) is 0 Å². The molecule has 2 rings (SSSR count). The molecule has 78 valence electrons. The van der Waals surface area contributed by atoms with E-state index in [1.807, 2.05) is 0 Å². The number of thioether (sulfide) groups is 1. The maximum Gasteiger partial charge on any atom is 0.266 e. The number of carbonyl (C=O) groups excluding carboxylic acids is 1. The zero-order valence-electron chi connectivity index (χ0n) is 7.16. The van der Waals surface area contributed by atoms with E-state index in [-0.39, 0.29) is 22.3 Å². The van der Waals surface area contributed by atoms with Crippen LogP contribution in [0.4, 0.5) is 0 Å². The lowest BCUT2D eigenvalue weighted by molar-refractivity contribution is -0.137. The van der Waals surface area contributed by atoms with Crippen LogP contribution in [0.1, 0.15) is 6.42 Å². The minimum Gasteiger partial charge on any atom is -0.306 e. The van der Waals surface area contributed by atoms with Crippen LogP contribution in [0.2, 0.25) is 0 Å². The minimum absolute atomic E-state index is 0.0549. The van der Waals surface area contributed by atoms with Crippen LogP contribution in [0.5, 0.6) is 0 Å². The van der Waals surface area contributed by atoms with Crippen molar-refractivity contribution in [2.24, 2.45) is 0 Å². The number of hydrogen-bond donors (Lipinski definition) is 1.